The first kappa shape index (κ1) is 17.5. The van der Waals surface area contributed by atoms with Gasteiger partial charge in [-0.05, 0) is 71.5 Å². The molecule has 2 unspecified atom stereocenters. The van der Waals surface area contributed by atoms with Gasteiger partial charge in [-0.25, -0.2) is 0 Å². The Bertz CT molecular complexity index is 976. The third-order valence-electron chi connectivity index (χ3n) is 6.33. The molecule has 0 spiro atoms. The summed E-state index contributed by atoms with van der Waals surface area (Å²) < 4.78 is 0. The second-order valence-electron chi connectivity index (χ2n) is 7.99. The number of benzene rings is 3. The van der Waals surface area contributed by atoms with E-state index in [0.717, 1.165) is 29.5 Å². The number of fused-ring (bicyclic) bond motifs is 1. The van der Waals surface area contributed by atoms with Gasteiger partial charge in [-0.15, -0.1) is 0 Å². The summed E-state index contributed by atoms with van der Waals surface area (Å²) in [6, 6.07) is 20.4. The van der Waals surface area contributed by atoms with E-state index >= 15 is 0 Å². The van der Waals surface area contributed by atoms with Gasteiger partial charge >= 0.3 is 0 Å². The lowest BCUT2D eigenvalue weighted by Crippen LogP contribution is -2.38. The Morgan fingerprint density at radius 2 is 0.963 bits per heavy atom. The third-order valence-corrected chi connectivity index (χ3v) is 6.33. The standard InChI is InChI=1S/C24H24O3/c1-23(16-3-7-18(25)8-4-16)13-14-24(2,17-5-9-19(26)10-6-17)22-15-20(27)11-12-21(22)23/h3-12,15,25-27H,13-14H2,1-2H3. The maximum atomic E-state index is 10.2. The molecule has 3 aromatic rings. The minimum absolute atomic E-state index is 0.201. The van der Waals surface area contributed by atoms with Gasteiger partial charge in [0.15, 0.2) is 0 Å². The van der Waals surface area contributed by atoms with Crippen LogP contribution in [-0.2, 0) is 10.8 Å². The van der Waals surface area contributed by atoms with E-state index in [0.29, 0.717) is 0 Å². The van der Waals surface area contributed by atoms with Crippen molar-refractivity contribution in [2.45, 2.75) is 37.5 Å². The van der Waals surface area contributed by atoms with Crippen molar-refractivity contribution in [2.24, 2.45) is 0 Å². The Kier molecular flexibility index (Phi) is 3.92. The summed E-state index contributed by atoms with van der Waals surface area (Å²) in [5.41, 5.74) is 4.12. The summed E-state index contributed by atoms with van der Waals surface area (Å²) in [5, 5.41) is 29.6. The average molecular weight is 360 g/mol. The topological polar surface area (TPSA) is 60.7 Å². The summed E-state index contributed by atoms with van der Waals surface area (Å²) in [4.78, 5) is 0. The zero-order chi connectivity index (χ0) is 19.2. The van der Waals surface area contributed by atoms with Gasteiger partial charge in [0, 0.05) is 10.8 Å². The van der Waals surface area contributed by atoms with Crippen molar-refractivity contribution in [3.63, 3.8) is 0 Å². The van der Waals surface area contributed by atoms with Crippen LogP contribution in [0, 0.1) is 0 Å². The highest BCUT2D eigenvalue weighted by molar-refractivity contribution is 5.55. The molecule has 0 saturated heterocycles. The minimum Gasteiger partial charge on any atom is -0.508 e. The highest BCUT2D eigenvalue weighted by Gasteiger charge is 2.44. The van der Waals surface area contributed by atoms with Crippen molar-refractivity contribution in [3.05, 3.63) is 89.0 Å². The van der Waals surface area contributed by atoms with Crippen molar-refractivity contribution < 1.29 is 15.3 Å². The maximum absolute atomic E-state index is 10.2. The predicted octanol–water partition coefficient (Wildman–Crippen LogP) is 5.21. The van der Waals surface area contributed by atoms with Gasteiger partial charge in [0.25, 0.3) is 0 Å². The molecule has 0 aliphatic heterocycles. The molecule has 0 fully saturated rings. The van der Waals surface area contributed by atoms with Gasteiger partial charge in [-0.2, -0.15) is 0 Å². The summed E-state index contributed by atoms with van der Waals surface area (Å²) in [6.45, 7) is 4.43. The van der Waals surface area contributed by atoms with Crippen LogP contribution in [0.15, 0.2) is 66.7 Å². The van der Waals surface area contributed by atoms with E-state index in [1.165, 1.54) is 5.56 Å². The molecule has 0 heterocycles. The van der Waals surface area contributed by atoms with Crippen LogP contribution in [0.2, 0.25) is 0 Å². The Hall–Kier alpha value is -2.94. The molecule has 3 aromatic carbocycles. The van der Waals surface area contributed by atoms with Gasteiger partial charge < -0.3 is 15.3 Å². The molecule has 4 rings (SSSR count). The number of hydrogen-bond donors (Lipinski definition) is 3. The van der Waals surface area contributed by atoms with Crippen LogP contribution >= 0.6 is 0 Å². The van der Waals surface area contributed by atoms with E-state index in [1.54, 1.807) is 30.3 Å². The smallest absolute Gasteiger partial charge is 0.115 e. The number of hydrogen-bond acceptors (Lipinski definition) is 3. The van der Waals surface area contributed by atoms with Gasteiger partial charge in [-0.1, -0.05) is 44.2 Å². The lowest BCUT2D eigenvalue weighted by Gasteiger charge is -2.46. The molecule has 0 amide bonds. The average Bonchev–Trinajstić information content (AvgIpc) is 2.66. The molecule has 3 nitrogen and oxygen atoms in total. The maximum Gasteiger partial charge on any atom is 0.115 e. The lowest BCUT2D eigenvalue weighted by molar-refractivity contribution is 0.365. The molecule has 27 heavy (non-hydrogen) atoms. The second kappa shape index (κ2) is 6.05. The molecule has 138 valence electrons. The van der Waals surface area contributed by atoms with Crippen LogP contribution < -0.4 is 0 Å². The number of rotatable bonds is 2. The first-order valence-electron chi connectivity index (χ1n) is 9.26. The van der Waals surface area contributed by atoms with Gasteiger partial charge in [0.1, 0.15) is 17.2 Å². The van der Waals surface area contributed by atoms with Crippen LogP contribution in [0.4, 0.5) is 0 Å². The van der Waals surface area contributed by atoms with Gasteiger partial charge in [0.05, 0.1) is 0 Å². The molecular weight excluding hydrogens is 336 g/mol. The van der Waals surface area contributed by atoms with E-state index in [1.807, 2.05) is 36.4 Å². The zero-order valence-electron chi connectivity index (χ0n) is 15.6. The van der Waals surface area contributed by atoms with E-state index in [-0.39, 0.29) is 28.1 Å². The quantitative estimate of drug-likeness (QED) is 0.588. The molecule has 3 heteroatoms. The Morgan fingerprint density at radius 1 is 0.556 bits per heavy atom. The minimum atomic E-state index is -0.252. The number of phenolic OH excluding ortho intramolecular Hbond substituents is 3. The normalized spacial score (nSPS) is 24.4. The third kappa shape index (κ3) is 2.74. The van der Waals surface area contributed by atoms with Crippen molar-refractivity contribution in [1.29, 1.82) is 0 Å². The number of aromatic hydroxyl groups is 3. The lowest BCUT2D eigenvalue weighted by atomic mass is 9.57. The summed E-state index contributed by atoms with van der Waals surface area (Å²) in [5.74, 6) is 0.773. The molecule has 0 radical (unpaired) electrons. The Morgan fingerprint density at radius 3 is 1.44 bits per heavy atom. The van der Waals surface area contributed by atoms with Gasteiger partial charge in [-0.3, -0.25) is 0 Å². The molecular formula is C24H24O3. The van der Waals surface area contributed by atoms with E-state index in [2.05, 4.69) is 13.8 Å². The molecule has 0 bridgehead atoms. The molecule has 1 aliphatic carbocycles. The zero-order valence-corrected chi connectivity index (χ0v) is 15.6. The van der Waals surface area contributed by atoms with E-state index < -0.39 is 0 Å². The fraction of sp³-hybridized carbons (Fsp3) is 0.250. The highest BCUT2D eigenvalue weighted by Crippen LogP contribution is 2.52. The SMILES string of the molecule is CC1(c2ccc(O)cc2)CCC(C)(c2ccc(O)cc2)c2cc(O)ccc21. The van der Waals surface area contributed by atoms with Crippen molar-refractivity contribution >= 4 is 0 Å². The first-order valence-corrected chi connectivity index (χ1v) is 9.26. The van der Waals surface area contributed by atoms with Crippen LogP contribution in [0.1, 0.15) is 48.9 Å². The van der Waals surface area contributed by atoms with Crippen LogP contribution in [-0.4, -0.2) is 15.3 Å². The van der Waals surface area contributed by atoms with E-state index in [9.17, 15) is 15.3 Å². The van der Waals surface area contributed by atoms with Crippen molar-refractivity contribution in [2.75, 3.05) is 0 Å². The molecule has 3 N–H and O–H groups in total. The molecule has 0 aromatic heterocycles. The first-order chi connectivity index (χ1) is 12.8. The fourth-order valence-electron chi connectivity index (χ4n) is 4.50. The molecule has 2 atom stereocenters. The largest absolute Gasteiger partial charge is 0.508 e. The summed E-state index contributed by atoms with van der Waals surface area (Å²) in [6.07, 6.45) is 1.85. The van der Waals surface area contributed by atoms with E-state index in [4.69, 9.17) is 0 Å². The Labute approximate surface area is 159 Å². The number of phenols is 3. The molecule has 1 aliphatic rings. The van der Waals surface area contributed by atoms with Gasteiger partial charge in [0.2, 0.25) is 0 Å². The second-order valence-corrected chi connectivity index (χ2v) is 7.99. The Balaban J connectivity index is 1.91. The monoisotopic (exact) mass is 360 g/mol. The van der Waals surface area contributed by atoms with Crippen molar-refractivity contribution in [1.82, 2.24) is 0 Å². The van der Waals surface area contributed by atoms with Crippen molar-refractivity contribution in [3.8, 4) is 17.2 Å². The highest BCUT2D eigenvalue weighted by atomic mass is 16.3. The van der Waals surface area contributed by atoms with Crippen LogP contribution in [0.25, 0.3) is 0 Å². The summed E-state index contributed by atoms with van der Waals surface area (Å²) in [7, 11) is 0. The fourth-order valence-corrected chi connectivity index (χ4v) is 4.50. The van der Waals surface area contributed by atoms with Crippen LogP contribution in [0.5, 0.6) is 17.2 Å². The predicted molar refractivity (Wildman–Crippen MR) is 106 cm³/mol. The molecule has 0 saturated carbocycles. The van der Waals surface area contributed by atoms with Crippen LogP contribution in [0.3, 0.4) is 0 Å². The summed E-state index contributed by atoms with van der Waals surface area (Å²) >= 11 is 0.